The summed E-state index contributed by atoms with van der Waals surface area (Å²) in [5.74, 6) is 0.347. The van der Waals surface area contributed by atoms with Crippen LogP contribution in [0.3, 0.4) is 0 Å². The van der Waals surface area contributed by atoms with Crippen molar-refractivity contribution in [3.05, 3.63) is 30.6 Å². The minimum Gasteiger partial charge on any atom is -0.391 e. The fourth-order valence-corrected chi connectivity index (χ4v) is 2.61. The Morgan fingerprint density at radius 3 is 2.94 bits per heavy atom. The molecule has 4 heteroatoms. The average Bonchev–Trinajstić information content (AvgIpc) is 2.83. The molecule has 0 aliphatic carbocycles. The SMILES string of the molecule is OC(Cn1cnc2ccccc21)C1CCOCC1. The molecule has 0 saturated carbocycles. The first kappa shape index (κ1) is 11.7. The molecule has 96 valence electrons. The van der Waals surface area contributed by atoms with E-state index < -0.39 is 0 Å². The van der Waals surface area contributed by atoms with Gasteiger partial charge in [0.2, 0.25) is 0 Å². The van der Waals surface area contributed by atoms with Crippen molar-refractivity contribution in [2.45, 2.75) is 25.5 Å². The lowest BCUT2D eigenvalue weighted by molar-refractivity contribution is 0.00206. The van der Waals surface area contributed by atoms with Gasteiger partial charge in [-0.1, -0.05) is 12.1 Å². The number of aliphatic hydroxyl groups is 1. The maximum absolute atomic E-state index is 10.3. The van der Waals surface area contributed by atoms with Crippen LogP contribution in [-0.4, -0.2) is 34.0 Å². The van der Waals surface area contributed by atoms with Crippen LogP contribution in [0, 0.1) is 5.92 Å². The van der Waals surface area contributed by atoms with Crippen LogP contribution in [0.4, 0.5) is 0 Å². The lowest BCUT2D eigenvalue weighted by Gasteiger charge is -2.27. The summed E-state index contributed by atoms with van der Waals surface area (Å²) in [7, 11) is 0. The van der Waals surface area contributed by atoms with Crippen molar-refractivity contribution in [1.29, 1.82) is 0 Å². The van der Waals surface area contributed by atoms with Crippen molar-refractivity contribution in [3.63, 3.8) is 0 Å². The minimum absolute atomic E-state index is 0.313. The average molecular weight is 246 g/mol. The number of para-hydroxylation sites is 2. The largest absolute Gasteiger partial charge is 0.391 e. The number of aliphatic hydroxyl groups excluding tert-OH is 1. The van der Waals surface area contributed by atoms with E-state index in [2.05, 4.69) is 4.98 Å². The summed E-state index contributed by atoms with van der Waals surface area (Å²) in [6.07, 6.45) is 3.40. The van der Waals surface area contributed by atoms with Crippen molar-refractivity contribution >= 4 is 11.0 Å². The number of fused-ring (bicyclic) bond motifs is 1. The van der Waals surface area contributed by atoms with Crippen LogP contribution >= 0.6 is 0 Å². The molecule has 1 aromatic carbocycles. The molecule has 1 N–H and O–H groups in total. The monoisotopic (exact) mass is 246 g/mol. The Hall–Kier alpha value is -1.39. The Labute approximate surface area is 106 Å². The van der Waals surface area contributed by atoms with Crippen molar-refractivity contribution in [1.82, 2.24) is 9.55 Å². The summed E-state index contributed by atoms with van der Waals surface area (Å²) in [5, 5.41) is 10.3. The second-order valence-corrected chi connectivity index (χ2v) is 4.90. The van der Waals surface area contributed by atoms with Gasteiger partial charge in [-0.2, -0.15) is 0 Å². The molecular formula is C14H18N2O2. The molecule has 0 bridgehead atoms. The summed E-state index contributed by atoms with van der Waals surface area (Å²) in [6.45, 7) is 2.16. The number of benzene rings is 1. The molecule has 1 aromatic heterocycles. The van der Waals surface area contributed by atoms with Gasteiger partial charge < -0.3 is 14.4 Å². The van der Waals surface area contributed by atoms with Crippen LogP contribution in [0.1, 0.15) is 12.8 Å². The van der Waals surface area contributed by atoms with Crippen LogP contribution in [-0.2, 0) is 11.3 Å². The zero-order valence-electron chi connectivity index (χ0n) is 10.3. The van der Waals surface area contributed by atoms with Gasteiger partial charge >= 0.3 is 0 Å². The van der Waals surface area contributed by atoms with Gasteiger partial charge in [-0.05, 0) is 30.9 Å². The first-order chi connectivity index (χ1) is 8.84. The van der Waals surface area contributed by atoms with Gasteiger partial charge in [0.05, 0.1) is 30.0 Å². The van der Waals surface area contributed by atoms with Gasteiger partial charge in [0.15, 0.2) is 0 Å². The number of hydrogen-bond acceptors (Lipinski definition) is 3. The van der Waals surface area contributed by atoms with E-state index in [4.69, 9.17) is 4.74 Å². The Bertz CT molecular complexity index is 517. The zero-order valence-corrected chi connectivity index (χ0v) is 10.3. The standard InChI is InChI=1S/C14H18N2O2/c17-14(11-5-7-18-8-6-11)9-16-10-15-12-3-1-2-4-13(12)16/h1-4,10-11,14,17H,5-9H2. The number of nitrogens with zero attached hydrogens (tertiary/aromatic N) is 2. The number of ether oxygens (including phenoxy) is 1. The Morgan fingerprint density at radius 2 is 2.11 bits per heavy atom. The van der Waals surface area contributed by atoms with Gasteiger partial charge in [0.1, 0.15) is 0 Å². The highest BCUT2D eigenvalue weighted by molar-refractivity contribution is 5.74. The van der Waals surface area contributed by atoms with Crippen molar-refractivity contribution < 1.29 is 9.84 Å². The number of rotatable bonds is 3. The summed E-state index contributed by atoms with van der Waals surface area (Å²) in [4.78, 5) is 4.34. The highest BCUT2D eigenvalue weighted by Gasteiger charge is 2.22. The highest BCUT2D eigenvalue weighted by Crippen LogP contribution is 2.21. The molecular weight excluding hydrogens is 228 g/mol. The molecule has 1 fully saturated rings. The molecule has 1 aliphatic rings. The highest BCUT2D eigenvalue weighted by atomic mass is 16.5. The van der Waals surface area contributed by atoms with Crippen LogP contribution in [0.5, 0.6) is 0 Å². The van der Waals surface area contributed by atoms with Gasteiger partial charge in [0, 0.05) is 13.2 Å². The second kappa shape index (κ2) is 5.08. The third-order valence-corrected chi connectivity index (χ3v) is 3.72. The maximum Gasteiger partial charge on any atom is 0.0959 e. The quantitative estimate of drug-likeness (QED) is 0.898. The Morgan fingerprint density at radius 1 is 1.33 bits per heavy atom. The minimum atomic E-state index is -0.313. The smallest absolute Gasteiger partial charge is 0.0959 e. The van der Waals surface area contributed by atoms with Crippen molar-refractivity contribution in [2.24, 2.45) is 5.92 Å². The second-order valence-electron chi connectivity index (χ2n) is 4.90. The maximum atomic E-state index is 10.3. The molecule has 2 heterocycles. The van der Waals surface area contributed by atoms with Gasteiger partial charge in [-0.15, -0.1) is 0 Å². The summed E-state index contributed by atoms with van der Waals surface area (Å²) < 4.78 is 7.36. The fraction of sp³-hybridized carbons (Fsp3) is 0.500. The van der Waals surface area contributed by atoms with Crippen LogP contribution in [0.15, 0.2) is 30.6 Å². The molecule has 18 heavy (non-hydrogen) atoms. The molecule has 1 aliphatic heterocycles. The Balaban J connectivity index is 1.75. The van der Waals surface area contributed by atoms with E-state index in [1.54, 1.807) is 0 Å². The Kier molecular flexibility index (Phi) is 3.30. The molecule has 4 nitrogen and oxygen atoms in total. The first-order valence-corrected chi connectivity index (χ1v) is 6.50. The van der Waals surface area contributed by atoms with Crippen molar-refractivity contribution in [2.75, 3.05) is 13.2 Å². The van der Waals surface area contributed by atoms with Gasteiger partial charge in [0.25, 0.3) is 0 Å². The third kappa shape index (κ3) is 2.26. The predicted octanol–water partition coefficient (Wildman–Crippen LogP) is 1.82. The zero-order chi connectivity index (χ0) is 12.4. The summed E-state index contributed by atoms with van der Waals surface area (Å²) >= 11 is 0. The molecule has 0 amide bonds. The van der Waals surface area contributed by atoms with E-state index in [1.165, 1.54) is 0 Å². The van der Waals surface area contributed by atoms with E-state index in [0.29, 0.717) is 12.5 Å². The van der Waals surface area contributed by atoms with E-state index in [0.717, 1.165) is 37.1 Å². The fourth-order valence-electron chi connectivity index (χ4n) is 2.61. The first-order valence-electron chi connectivity index (χ1n) is 6.50. The number of hydrogen-bond donors (Lipinski definition) is 1. The summed E-state index contributed by atoms with van der Waals surface area (Å²) in [5.41, 5.74) is 2.07. The molecule has 2 aromatic rings. The topological polar surface area (TPSA) is 47.3 Å². The number of imidazole rings is 1. The summed E-state index contributed by atoms with van der Waals surface area (Å²) in [6, 6.07) is 8.02. The van der Waals surface area contributed by atoms with Gasteiger partial charge in [-0.25, -0.2) is 4.98 Å². The van der Waals surface area contributed by atoms with Gasteiger partial charge in [-0.3, -0.25) is 0 Å². The van der Waals surface area contributed by atoms with Crippen LogP contribution in [0.25, 0.3) is 11.0 Å². The molecule has 1 atom stereocenters. The lowest BCUT2D eigenvalue weighted by atomic mass is 9.94. The lowest BCUT2D eigenvalue weighted by Crippen LogP contribution is -2.30. The van der Waals surface area contributed by atoms with E-state index >= 15 is 0 Å². The normalized spacial score (nSPS) is 19.2. The predicted molar refractivity (Wildman–Crippen MR) is 69.3 cm³/mol. The van der Waals surface area contributed by atoms with E-state index in [1.807, 2.05) is 35.2 Å². The third-order valence-electron chi connectivity index (χ3n) is 3.72. The van der Waals surface area contributed by atoms with E-state index in [9.17, 15) is 5.11 Å². The molecule has 1 saturated heterocycles. The van der Waals surface area contributed by atoms with Crippen molar-refractivity contribution in [3.8, 4) is 0 Å². The van der Waals surface area contributed by atoms with Crippen LogP contribution < -0.4 is 0 Å². The molecule has 1 unspecified atom stereocenters. The number of aromatic nitrogens is 2. The molecule has 0 radical (unpaired) electrons. The molecule has 3 rings (SSSR count). The molecule has 0 spiro atoms. The van der Waals surface area contributed by atoms with E-state index in [-0.39, 0.29) is 6.10 Å². The van der Waals surface area contributed by atoms with Crippen LogP contribution in [0.2, 0.25) is 0 Å².